The van der Waals surface area contributed by atoms with Crippen molar-refractivity contribution in [2.24, 2.45) is 5.41 Å². The van der Waals surface area contributed by atoms with E-state index in [0.29, 0.717) is 12.8 Å². The Labute approximate surface area is 95.0 Å². The number of nitrogens with one attached hydrogen (secondary N) is 1. The molecule has 0 heterocycles. The minimum Gasteiger partial charge on any atom is -0.211 e. The second-order valence-corrected chi connectivity index (χ2v) is 6.44. The van der Waals surface area contributed by atoms with E-state index in [1.165, 1.54) is 0 Å². The summed E-state index contributed by atoms with van der Waals surface area (Å²) in [5, 5.41) is 0.789. The highest BCUT2D eigenvalue weighted by atomic mass is 32.2. The number of sulfonamides is 1. The van der Waals surface area contributed by atoms with E-state index >= 15 is 0 Å². The van der Waals surface area contributed by atoms with E-state index in [-0.39, 0.29) is 19.4 Å². The zero-order valence-corrected chi connectivity index (χ0v) is 10.1. The highest BCUT2D eigenvalue weighted by Gasteiger charge is 2.43. The van der Waals surface area contributed by atoms with Crippen LogP contribution in [0.2, 0.25) is 0 Å². The van der Waals surface area contributed by atoms with Crippen molar-refractivity contribution in [2.45, 2.75) is 38.5 Å². The van der Waals surface area contributed by atoms with Gasteiger partial charge >= 0.3 is 0 Å². The average molecular weight is 253 g/mol. The van der Waals surface area contributed by atoms with Gasteiger partial charge in [0.1, 0.15) is 0 Å². The Morgan fingerprint density at radius 2 is 2.06 bits per heavy atom. The third kappa shape index (κ3) is 3.83. The lowest BCUT2D eigenvalue weighted by molar-refractivity contribution is -0.0759. The maximum absolute atomic E-state index is 13.2. The highest BCUT2D eigenvalue weighted by Crippen LogP contribution is 2.43. The van der Waals surface area contributed by atoms with Crippen LogP contribution < -0.4 is 4.72 Å². The summed E-state index contributed by atoms with van der Waals surface area (Å²) < 4.78 is 50.9. The molecular weight excluding hydrogens is 236 g/mol. The summed E-state index contributed by atoms with van der Waals surface area (Å²) in [7, 11) is -3.53. The van der Waals surface area contributed by atoms with E-state index in [4.69, 9.17) is 0 Å². The Balaban J connectivity index is 2.62. The second-order valence-electron chi connectivity index (χ2n) is 4.73. The number of hydrogen-bond acceptors (Lipinski definition) is 2. The van der Waals surface area contributed by atoms with Crippen LogP contribution in [-0.4, -0.2) is 20.9 Å². The van der Waals surface area contributed by atoms with Crippen molar-refractivity contribution in [1.29, 1.82) is 0 Å². The van der Waals surface area contributed by atoms with Crippen LogP contribution in [0.5, 0.6) is 0 Å². The second kappa shape index (κ2) is 4.41. The number of hydrogen-bond donors (Lipinski definition) is 1. The number of rotatable bonds is 4. The van der Waals surface area contributed by atoms with Crippen LogP contribution in [-0.2, 0) is 10.0 Å². The van der Waals surface area contributed by atoms with E-state index in [1.807, 2.05) is 0 Å². The molecule has 1 fully saturated rings. The van der Waals surface area contributed by atoms with Gasteiger partial charge in [0, 0.05) is 24.8 Å². The Morgan fingerprint density at radius 1 is 1.44 bits per heavy atom. The van der Waals surface area contributed by atoms with Gasteiger partial charge in [-0.25, -0.2) is 21.9 Å². The molecule has 1 rings (SSSR count). The zero-order valence-electron chi connectivity index (χ0n) is 9.30. The summed E-state index contributed by atoms with van der Waals surface area (Å²) >= 11 is 0. The van der Waals surface area contributed by atoms with Gasteiger partial charge in [0.2, 0.25) is 15.9 Å². The summed E-state index contributed by atoms with van der Waals surface area (Å²) in [5.74, 6) is -2.67. The maximum atomic E-state index is 13.2. The van der Waals surface area contributed by atoms with Crippen molar-refractivity contribution in [3.63, 3.8) is 0 Å². The fourth-order valence-electron chi connectivity index (χ4n) is 2.06. The SMILES string of the molecule is C=CS(=O)(=O)NCC1(C)CCCC(F)(F)C1. The normalized spacial score (nSPS) is 29.9. The molecule has 1 atom stereocenters. The molecule has 3 nitrogen and oxygen atoms in total. The summed E-state index contributed by atoms with van der Waals surface area (Å²) in [6.45, 7) is 4.87. The summed E-state index contributed by atoms with van der Waals surface area (Å²) in [6, 6.07) is 0. The lowest BCUT2D eigenvalue weighted by Gasteiger charge is -2.37. The molecule has 6 heteroatoms. The zero-order chi connectivity index (χ0) is 12.4. The largest absolute Gasteiger partial charge is 0.248 e. The van der Waals surface area contributed by atoms with E-state index in [2.05, 4.69) is 11.3 Å². The maximum Gasteiger partial charge on any atom is 0.248 e. The van der Waals surface area contributed by atoms with Gasteiger partial charge < -0.3 is 0 Å². The van der Waals surface area contributed by atoms with Crippen LogP contribution in [0.4, 0.5) is 8.78 Å². The van der Waals surface area contributed by atoms with Gasteiger partial charge in [0.25, 0.3) is 0 Å². The van der Waals surface area contributed by atoms with Crippen LogP contribution in [0.25, 0.3) is 0 Å². The van der Waals surface area contributed by atoms with Crippen LogP contribution >= 0.6 is 0 Å². The Morgan fingerprint density at radius 3 is 2.56 bits per heavy atom. The van der Waals surface area contributed by atoms with Gasteiger partial charge in [-0.2, -0.15) is 0 Å². The molecule has 0 radical (unpaired) electrons. The van der Waals surface area contributed by atoms with E-state index < -0.39 is 21.4 Å². The van der Waals surface area contributed by atoms with Crippen molar-refractivity contribution >= 4 is 10.0 Å². The van der Waals surface area contributed by atoms with Gasteiger partial charge in [-0.15, -0.1) is 0 Å². The first-order valence-electron chi connectivity index (χ1n) is 5.18. The molecule has 94 valence electrons. The first-order valence-corrected chi connectivity index (χ1v) is 6.73. The van der Waals surface area contributed by atoms with Crippen molar-refractivity contribution in [1.82, 2.24) is 4.72 Å². The Bertz CT molecular complexity index is 367. The van der Waals surface area contributed by atoms with Gasteiger partial charge in [-0.1, -0.05) is 13.5 Å². The van der Waals surface area contributed by atoms with E-state index in [1.54, 1.807) is 6.92 Å². The lowest BCUT2D eigenvalue weighted by atomic mass is 9.74. The first-order chi connectivity index (χ1) is 7.18. The van der Waals surface area contributed by atoms with Gasteiger partial charge in [-0.05, 0) is 18.3 Å². The average Bonchev–Trinajstić information content (AvgIpc) is 2.13. The minimum atomic E-state index is -3.53. The molecule has 1 saturated carbocycles. The molecule has 0 amide bonds. The highest BCUT2D eigenvalue weighted by molar-refractivity contribution is 7.92. The first kappa shape index (κ1) is 13.6. The molecule has 1 N–H and O–H groups in total. The van der Waals surface area contributed by atoms with Crippen molar-refractivity contribution in [3.05, 3.63) is 12.0 Å². The predicted octanol–water partition coefficient (Wildman–Crippen LogP) is 2.26. The van der Waals surface area contributed by atoms with Crippen LogP contribution in [0.1, 0.15) is 32.6 Å². The van der Waals surface area contributed by atoms with Crippen LogP contribution in [0, 0.1) is 5.41 Å². The molecular formula is C10H17F2NO2S. The molecule has 1 unspecified atom stereocenters. The van der Waals surface area contributed by atoms with Crippen molar-refractivity contribution in [2.75, 3.05) is 6.54 Å². The molecule has 16 heavy (non-hydrogen) atoms. The molecule has 0 aromatic rings. The fourth-order valence-corrected chi connectivity index (χ4v) is 2.73. The quantitative estimate of drug-likeness (QED) is 0.835. The molecule has 0 saturated heterocycles. The summed E-state index contributed by atoms with van der Waals surface area (Å²) in [6.07, 6.45) is 0.679. The standard InChI is InChI=1S/C10H17F2NO2S/c1-3-16(14,15)13-8-9(2)5-4-6-10(11,12)7-9/h3,13H,1,4-8H2,2H3. The monoisotopic (exact) mass is 253 g/mol. The number of halogens is 2. The van der Waals surface area contributed by atoms with E-state index in [9.17, 15) is 17.2 Å². The molecule has 0 bridgehead atoms. The molecule has 0 spiro atoms. The van der Waals surface area contributed by atoms with Crippen LogP contribution in [0.15, 0.2) is 12.0 Å². The van der Waals surface area contributed by atoms with Gasteiger partial charge in [0.15, 0.2) is 0 Å². The topological polar surface area (TPSA) is 46.2 Å². The van der Waals surface area contributed by atoms with Gasteiger partial charge in [-0.3, -0.25) is 0 Å². The predicted molar refractivity (Wildman–Crippen MR) is 58.6 cm³/mol. The third-order valence-corrected chi connectivity index (χ3v) is 3.91. The van der Waals surface area contributed by atoms with E-state index in [0.717, 1.165) is 5.41 Å². The summed E-state index contributed by atoms with van der Waals surface area (Å²) in [5.41, 5.74) is -0.669. The molecule has 1 aliphatic rings. The fraction of sp³-hybridized carbons (Fsp3) is 0.800. The number of alkyl halides is 2. The lowest BCUT2D eigenvalue weighted by Crippen LogP contribution is -2.41. The van der Waals surface area contributed by atoms with Crippen molar-refractivity contribution < 1.29 is 17.2 Å². The molecule has 0 aromatic heterocycles. The molecule has 0 aromatic carbocycles. The van der Waals surface area contributed by atoms with Crippen molar-refractivity contribution in [3.8, 4) is 0 Å². The molecule has 1 aliphatic carbocycles. The van der Waals surface area contributed by atoms with Gasteiger partial charge in [0.05, 0.1) is 0 Å². The molecule has 0 aliphatic heterocycles. The smallest absolute Gasteiger partial charge is 0.211 e. The Hall–Kier alpha value is -0.490. The summed E-state index contributed by atoms with van der Waals surface area (Å²) in [4.78, 5) is 0. The third-order valence-electron chi connectivity index (χ3n) is 2.93. The minimum absolute atomic E-state index is 0.0386. The Kier molecular flexibility index (Phi) is 3.74. The van der Waals surface area contributed by atoms with Crippen LogP contribution in [0.3, 0.4) is 0 Å².